The molecular formula is C17H30N2O. The van der Waals surface area contributed by atoms with E-state index < -0.39 is 0 Å². The molecule has 0 aliphatic carbocycles. The highest BCUT2D eigenvalue weighted by molar-refractivity contribution is 5.38. The molecule has 0 fully saturated rings. The van der Waals surface area contributed by atoms with Crippen molar-refractivity contribution in [1.29, 1.82) is 0 Å². The number of para-hydroxylation sites is 1. The van der Waals surface area contributed by atoms with E-state index in [1.807, 2.05) is 13.0 Å². The third kappa shape index (κ3) is 3.53. The first-order valence-corrected chi connectivity index (χ1v) is 7.63. The molecular weight excluding hydrogens is 248 g/mol. The second-order valence-electron chi connectivity index (χ2n) is 5.57. The Kier molecular flexibility index (Phi) is 6.50. The number of rotatable bonds is 8. The maximum absolute atomic E-state index is 5.83. The predicted molar refractivity (Wildman–Crippen MR) is 86.4 cm³/mol. The van der Waals surface area contributed by atoms with Crippen LogP contribution in [-0.2, 0) is 0 Å². The Balaban J connectivity index is 3.26. The molecule has 0 aromatic heterocycles. The van der Waals surface area contributed by atoms with Crippen LogP contribution < -0.4 is 10.1 Å². The summed E-state index contributed by atoms with van der Waals surface area (Å²) in [7, 11) is 4.30. The van der Waals surface area contributed by atoms with Crippen LogP contribution in [0.5, 0.6) is 5.75 Å². The quantitative estimate of drug-likeness (QED) is 0.788. The van der Waals surface area contributed by atoms with Crippen molar-refractivity contribution in [3.05, 3.63) is 29.8 Å². The summed E-state index contributed by atoms with van der Waals surface area (Å²) in [6, 6.07) is 8.62. The highest BCUT2D eigenvalue weighted by Crippen LogP contribution is 2.37. The minimum Gasteiger partial charge on any atom is -0.494 e. The van der Waals surface area contributed by atoms with Crippen molar-refractivity contribution in [2.75, 3.05) is 27.2 Å². The molecule has 1 rings (SSSR count). The van der Waals surface area contributed by atoms with E-state index in [2.05, 4.69) is 63.3 Å². The molecule has 0 heterocycles. The zero-order chi connectivity index (χ0) is 15.2. The molecule has 0 aliphatic heterocycles. The first-order chi connectivity index (χ1) is 9.51. The predicted octanol–water partition coefficient (Wildman–Crippen LogP) is 3.47. The van der Waals surface area contributed by atoms with E-state index in [4.69, 9.17) is 4.74 Å². The Morgan fingerprint density at radius 1 is 1.20 bits per heavy atom. The second-order valence-corrected chi connectivity index (χ2v) is 5.57. The largest absolute Gasteiger partial charge is 0.494 e. The van der Waals surface area contributed by atoms with E-state index in [-0.39, 0.29) is 11.6 Å². The van der Waals surface area contributed by atoms with E-state index >= 15 is 0 Å². The van der Waals surface area contributed by atoms with Gasteiger partial charge in [-0.25, -0.2) is 0 Å². The first kappa shape index (κ1) is 17.0. The van der Waals surface area contributed by atoms with Crippen molar-refractivity contribution < 1.29 is 4.74 Å². The SMILES string of the molecule is CCNC(c1ccccc1OCC)C(C)(CC)N(C)C. The van der Waals surface area contributed by atoms with Gasteiger partial charge in [-0.1, -0.05) is 32.0 Å². The molecule has 3 nitrogen and oxygen atoms in total. The number of nitrogens with one attached hydrogen (secondary N) is 1. The van der Waals surface area contributed by atoms with Gasteiger partial charge >= 0.3 is 0 Å². The maximum Gasteiger partial charge on any atom is 0.124 e. The van der Waals surface area contributed by atoms with Crippen molar-refractivity contribution in [2.24, 2.45) is 0 Å². The van der Waals surface area contributed by atoms with Crippen LogP contribution in [0.25, 0.3) is 0 Å². The molecule has 0 saturated heterocycles. The lowest BCUT2D eigenvalue weighted by Gasteiger charge is -2.43. The van der Waals surface area contributed by atoms with Crippen molar-refractivity contribution in [2.45, 2.75) is 45.7 Å². The van der Waals surface area contributed by atoms with E-state index in [0.29, 0.717) is 6.61 Å². The zero-order valence-corrected chi connectivity index (χ0v) is 13.9. The fraction of sp³-hybridized carbons (Fsp3) is 0.647. The Morgan fingerprint density at radius 2 is 1.85 bits per heavy atom. The van der Waals surface area contributed by atoms with Crippen LogP contribution in [-0.4, -0.2) is 37.7 Å². The van der Waals surface area contributed by atoms with Crippen LogP contribution in [0.3, 0.4) is 0 Å². The van der Waals surface area contributed by atoms with Gasteiger partial charge < -0.3 is 15.0 Å². The zero-order valence-electron chi connectivity index (χ0n) is 13.9. The van der Waals surface area contributed by atoms with Crippen LogP contribution in [0.15, 0.2) is 24.3 Å². The van der Waals surface area contributed by atoms with Crippen LogP contribution in [0.2, 0.25) is 0 Å². The number of nitrogens with zero attached hydrogens (tertiary/aromatic N) is 1. The summed E-state index contributed by atoms with van der Waals surface area (Å²) in [5.41, 5.74) is 1.29. The van der Waals surface area contributed by atoms with Gasteiger partial charge in [0, 0.05) is 11.1 Å². The lowest BCUT2D eigenvalue weighted by atomic mass is 9.83. The first-order valence-electron chi connectivity index (χ1n) is 7.63. The highest BCUT2D eigenvalue weighted by Gasteiger charge is 2.36. The summed E-state index contributed by atoms with van der Waals surface area (Å²) in [6.45, 7) is 10.4. The van der Waals surface area contributed by atoms with Crippen LogP contribution in [0.4, 0.5) is 0 Å². The lowest BCUT2D eigenvalue weighted by Crippen LogP contribution is -2.51. The normalized spacial score (nSPS) is 15.9. The van der Waals surface area contributed by atoms with Crippen molar-refractivity contribution in [3.63, 3.8) is 0 Å². The number of benzene rings is 1. The van der Waals surface area contributed by atoms with Gasteiger partial charge in [-0.05, 0) is 47.0 Å². The van der Waals surface area contributed by atoms with Gasteiger partial charge in [0.1, 0.15) is 5.75 Å². The molecule has 1 aromatic carbocycles. The Morgan fingerprint density at radius 3 is 2.35 bits per heavy atom. The monoisotopic (exact) mass is 278 g/mol. The van der Waals surface area contributed by atoms with E-state index in [1.54, 1.807) is 0 Å². The van der Waals surface area contributed by atoms with Gasteiger partial charge in [0.15, 0.2) is 0 Å². The molecule has 0 amide bonds. The van der Waals surface area contributed by atoms with Crippen LogP contribution in [0, 0.1) is 0 Å². The highest BCUT2D eigenvalue weighted by atomic mass is 16.5. The third-order valence-electron chi connectivity index (χ3n) is 4.30. The Labute approximate surface area is 124 Å². The summed E-state index contributed by atoms with van der Waals surface area (Å²) in [5, 5.41) is 3.65. The summed E-state index contributed by atoms with van der Waals surface area (Å²) in [6.07, 6.45) is 1.07. The minimum absolute atomic E-state index is 0.0449. The number of hydrogen-bond acceptors (Lipinski definition) is 3. The molecule has 0 saturated carbocycles. The third-order valence-corrected chi connectivity index (χ3v) is 4.30. The molecule has 114 valence electrons. The molecule has 0 radical (unpaired) electrons. The van der Waals surface area contributed by atoms with E-state index in [0.717, 1.165) is 18.7 Å². The van der Waals surface area contributed by atoms with Gasteiger partial charge in [-0.3, -0.25) is 0 Å². The standard InChI is InChI=1S/C17H30N2O/c1-7-17(4,19(5)6)16(18-8-2)14-12-10-11-13-15(14)20-9-3/h10-13,16,18H,7-9H2,1-6H3. The molecule has 20 heavy (non-hydrogen) atoms. The van der Waals surface area contributed by atoms with Gasteiger partial charge in [-0.2, -0.15) is 0 Å². The molecule has 0 bridgehead atoms. The second kappa shape index (κ2) is 7.65. The number of hydrogen-bond donors (Lipinski definition) is 1. The van der Waals surface area contributed by atoms with E-state index in [9.17, 15) is 0 Å². The van der Waals surface area contributed by atoms with Gasteiger partial charge in [0.2, 0.25) is 0 Å². The number of likely N-dealkylation sites (N-methyl/N-ethyl adjacent to an activating group) is 2. The van der Waals surface area contributed by atoms with Crippen molar-refractivity contribution in [1.82, 2.24) is 10.2 Å². The summed E-state index contributed by atoms with van der Waals surface area (Å²) in [4.78, 5) is 2.31. The maximum atomic E-state index is 5.83. The fourth-order valence-electron chi connectivity index (χ4n) is 2.65. The average Bonchev–Trinajstić information content (AvgIpc) is 2.45. The Bertz CT molecular complexity index is 406. The van der Waals surface area contributed by atoms with Gasteiger partial charge in [-0.15, -0.1) is 0 Å². The molecule has 0 spiro atoms. The summed E-state index contributed by atoms with van der Waals surface area (Å²) >= 11 is 0. The molecule has 1 aromatic rings. The molecule has 2 unspecified atom stereocenters. The van der Waals surface area contributed by atoms with Crippen molar-refractivity contribution >= 4 is 0 Å². The molecule has 0 aliphatic rings. The number of ether oxygens (including phenoxy) is 1. The smallest absolute Gasteiger partial charge is 0.124 e. The van der Waals surface area contributed by atoms with Gasteiger partial charge in [0.25, 0.3) is 0 Å². The van der Waals surface area contributed by atoms with Gasteiger partial charge in [0.05, 0.1) is 12.6 Å². The molecule has 3 heteroatoms. The average molecular weight is 278 g/mol. The van der Waals surface area contributed by atoms with E-state index in [1.165, 1.54) is 5.56 Å². The Hall–Kier alpha value is -1.06. The summed E-state index contributed by atoms with van der Waals surface area (Å²) in [5.74, 6) is 0.988. The van der Waals surface area contributed by atoms with Crippen LogP contribution >= 0.6 is 0 Å². The van der Waals surface area contributed by atoms with Crippen LogP contribution in [0.1, 0.15) is 45.7 Å². The van der Waals surface area contributed by atoms with Crippen molar-refractivity contribution in [3.8, 4) is 5.75 Å². The molecule has 2 atom stereocenters. The summed E-state index contributed by atoms with van der Waals surface area (Å²) < 4.78 is 5.83. The molecule has 1 N–H and O–H groups in total. The lowest BCUT2D eigenvalue weighted by molar-refractivity contribution is 0.112. The minimum atomic E-state index is 0.0449. The fourth-order valence-corrected chi connectivity index (χ4v) is 2.65. The topological polar surface area (TPSA) is 24.5 Å².